The second-order valence-corrected chi connectivity index (χ2v) is 7.71. The molecule has 0 saturated heterocycles. The van der Waals surface area contributed by atoms with E-state index in [0.717, 1.165) is 0 Å². The molecule has 166 valence electrons. The Balaban J connectivity index is 1.65. The molecule has 0 fully saturated rings. The first kappa shape index (κ1) is 23.9. The van der Waals surface area contributed by atoms with E-state index in [0.29, 0.717) is 51.9 Å². The van der Waals surface area contributed by atoms with Crippen LogP contribution in [-0.2, 0) is 26.2 Å². The van der Waals surface area contributed by atoms with Crippen molar-refractivity contribution >= 4 is 11.6 Å². The van der Waals surface area contributed by atoms with Gasteiger partial charge in [0.05, 0.1) is 59.0 Å². The van der Waals surface area contributed by atoms with Gasteiger partial charge >= 0.3 is 0 Å². The molecule has 0 aliphatic rings. The van der Waals surface area contributed by atoms with E-state index in [1.54, 1.807) is 10.9 Å². The van der Waals surface area contributed by atoms with Crippen LogP contribution in [0.15, 0.2) is 30.5 Å². The fraction of sp³-hybridized carbons (Fsp3) is 0.571. The van der Waals surface area contributed by atoms with Gasteiger partial charge in [-0.25, -0.2) is 4.68 Å². The van der Waals surface area contributed by atoms with Gasteiger partial charge in [0.25, 0.3) is 5.91 Å². The van der Waals surface area contributed by atoms with E-state index < -0.39 is 0 Å². The van der Waals surface area contributed by atoms with Crippen LogP contribution in [0.5, 0.6) is 0 Å². The zero-order chi connectivity index (χ0) is 21.8. The summed E-state index contributed by atoms with van der Waals surface area (Å²) in [7, 11) is 0. The van der Waals surface area contributed by atoms with Gasteiger partial charge in [-0.15, -0.1) is 5.10 Å². The molecule has 0 unspecified atom stereocenters. The van der Waals surface area contributed by atoms with E-state index in [2.05, 4.69) is 36.4 Å². The lowest BCUT2D eigenvalue weighted by atomic mass is 9.87. The number of hydrogen-bond donors (Lipinski definition) is 2. The Bertz CT molecular complexity index is 756. The molecule has 1 aromatic heterocycles. The van der Waals surface area contributed by atoms with E-state index in [1.165, 1.54) is 5.56 Å². The number of anilines is 1. The summed E-state index contributed by atoms with van der Waals surface area (Å²) in [6.07, 6.45) is 1.59. The van der Waals surface area contributed by atoms with Gasteiger partial charge < -0.3 is 24.6 Å². The molecule has 2 N–H and O–H groups in total. The third-order valence-electron chi connectivity index (χ3n) is 4.22. The van der Waals surface area contributed by atoms with Crippen LogP contribution in [-0.4, -0.2) is 72.3 Å². The van der Waals surface area contributed by atoms with Crippen LogP contribution in [0.3, 0.4) is 0 Å². The number of carbonyl (C=O) groups excluding carboxylic acids is 1. The minimum atomic E-state index is -0.303. The zero-order valence-corrected chi connectivity index (χ0v) is 18.0. The SMILES string of the molecule is CC(C)(C)c1ccc(NC(=O)c2cn(CCOCCOCCOCCO)nn2)cc1. The normalized spacial score (nSPS) is 11.6. The van der Waals surface area contributed by atoms with Gasteiger partial charge in [0.15, 0.2) is 5.69 Å². The summed E-state index contributed by atoms with van der Waals surface area (Å²) in [5.74, 6) is -0.303. The maximum Gasteiger partial charge on any atom is 0.277 e. The van der Waals surface area contributed by atoms with Crippen molar-refractivity contribution in [3.05, 3.63) is 41.7 Å². The average Bonchev–Trinajstić information content (AvgIpc) is 3.18. The summed E-state index contributed by atoms with van der Waals surface area (Å²) in [5, 5.41) is 19.3. The quantitative estimate of drug-likeness (QED) is 0.476. The van der Waals surface area contributed by atoms with Gasteiger partial charge in [0.1, 0.15) is 0 Å². The number of rotatable bonds is 13. The van der Waals surface area contributed by atoms with Crippen LogP contribution >= 0.6 is 0 Å². The smallest absolute Gasteiger partial charge is 0.277 e. The predicted molar refractivity (Wildman–Crippen MR) is 113 cm³/mol. The van der Waals surface area contributed by atoms with Crippen molar-refractivity contribution in [2.45, 2.75) is 32.7 Å². The fourth-order valence-electron chi connectivity index (χ4n) is 2.52. The second kappa shape index (κ2) is 12.4. The summed E-state index contributed by atoms with van der Waals surface area (Å²) in [6, 6.07) is 7.79. The molecule has 0 radical (unpaired) electrons. The van der Waals surface area contributed by atoms with Crippen LogP contribution in [0.4, 0.5) is 5.69 Å². The van der Waals surface area contributed by atoms with Crippen molar-refractivity contribution in [3.63, 3.8) is 0 Å². The summed E-state index contributed by atoms with van der Waals surface area (Å²) >= 11 is 0. The number of ether oxygens (including phenoxy) is 3. The molecule has 30 heavy (non-hydrogen) atoms. The van der Waals surface area contributed by atoms with Gasteiger partial charge in [0.2, 0.25) is 0 Å². The Labute approximate surface area is 177 Å². The standard InChI is InChI=1S/C21H32N4O5/c1-21(2,3)17-4-6-18(7-5-17)22-20(27)19-16-25(24-23-19)8-10-28-12-14-30-15-13-29-11-9-26/h4-7,16,26H,8-15H2,1-3H3,(H,22,27). The molecule has 9 nitrogen and oxygen atoms in total. The molecular formula is C21H32N4O5. The Morgan fingerprint density at radius 2 is 1.60 bits per heavy atom. The van der Waals surface area contributed by atoms with Crippen LogP contribution in [0.2, 0.25) is 0 Å². The number of aliphatic hydroxyl groups is 1. The molecule has 1 amide bonds. The first-order valence-corrected chi connectivity index (χ1v) is 10.1. The number of amides is 1. The average molecular weight is 421 g/mol. The molecule has 1 aromatic carbocycles. The van der Waals surface area contributed by atoms with Crippen LogP contribution in [0, 0.1) is 0 Å². The van der Waals surface area contributed by atoms with E-state index in [1.807, 2.05) is 24.3 Å². The molecule has 0 aliphatic carbocycles. The Morgan fingerprint density at radius 1 is 1.00 bits per heavy atom. The van der Waals surface area contributed by atoms with E-state index in [-0.39, 0.29) is 23.6 Å². The van der Waals surface area contributed by atoms with Gasteiger partial charge in [-0.2, -0.15) is 0 Å². The van der Waals surface area contributed by atoms with Gasteiger partial charge in [-0.1, -0.05) is 38.1 Å². The molecule has 9 heteroatoms. The lowest BCUT2D eigenvalue weighted by Gasteiger charge is -2.19. The third kappa shape index (κ3) is 8.58. The molecule has 1 heterocycles. The van der Waals surface area contributed by atoms with E-state index >= 15 is 0 Å². The third-order valence-corrected chi connectivity index (χ3v) is 4.22. The lowest BCUT2D eigenvalue weighted by molar-refractivity contribution is 0.00628. The number of carbonyl (C=O) groups is 1. The minimum Gasteiger partial charge on any atom is -0.394 e. The second-order valence-electron chi connectivity index (χ2n) is 7.71. The molecule has 0 spiro atoms. The Kier molecular flexibility index (Phi) is 9.88. The van der Waals surface area contributed by atoms with Crippen LogP contribution < -0.4 is 5.32 Å². The minimum absolute atomic E-state index is 0.0132. The Morgan fingerprint density at radius 3 is 2.20 bits per heavy atom. The highest BCUT2D eigenvalue weighted by Gasteiger charge is 2.14. The number of hydrogen-bond acceptors (Lipinski definition) is 7. The van der Waals surface area contributed by atoms with Crippen LogP contribution in [0.1, 0.15) is 36.8 Å². The van der Waals surface area contributed by atoms with E-state index in [4.69, 9.17) is 19.3 Å². The number of benzene rings is 1. The fourth-order valence-corrected chi connectivity index (χ4v) is 2.52. The number of aromatic nitrogens is 3. The summed E-state index contributed by atoms with van der Waals surface area (Å²) in [6.45, 7) is 9.51. The van der Waals surface area contributed by atoms with Crippen LogP contribution in [0.25, 0.3) is 0 Å². The zero-order valence-electron chi connectivity index (χ0n) is 18.0. The number of nitrogens with one attached hydrogen (secondary N) is 1. The first-order valence-electron chi connectivity index (χ1n) is 10.1. The van der Waals surface area contributed by atoms with Crippen molar-refractivity contribution < 1.29 is 24.1 Å². The van der Waals surface area contributed by atoms with Gasteiger partial charge in [0, 0.05) is 5.69 Å². The molecule has 0 aliphatic heterocycles. The summed E-state index contributed by atoms with van der Waals surface area (Å²) < 4.78 is 17.5. The van der Waals surface area contributed by atoms with Crippen molar-refractivity contribution in [3.8, 4) is 0 Å². The highest BCUT2D eigenvalue weighted by molar-refractivity contribution is 6.02. The van der Waals surface area contributed by atoms with Gasteiger partial charge in [-0.05, 0) is 23.1 Å². The first-order chi connectivity index (χ1) is 14.4. The number of aliphatic hydroxyl groups excluding tert-OH is 1. The molecule has 2 aromatic rings. The van der Waals surface area contributed by atoms with Gasteiger partial charge in [-0.3, -0.25) is 4.79 Å². The van der Waals surface area contributed by atoms with Crippen molar-refractivity contribution in [2.24, 2.45) is 0 Å². The van der Waals surface area contributed by atoms with Crippen molar-refractivity contribution in [1.29, 1.82) is 0 Å². The topological polar surface area (TPSA) is 108 Å². The molecule has 2 rings (SSSR count). The highest BCUT2D eigenvalue weighted by Crippen LogP contribution is 2.23. The predicted octanol–water partition coefficient (Wildman–Crippen LogP) is 1.87. The van der Waals surface area contributed by atoms with Crippen molar-refractivity contribution in [2.75, 3.05) is 51.6 Å². The monoisotopic (exact) mass is 420 g/mol. The molecule has 0 bridgehead atoms. The maximum atomic E-state index is 12.4. The molecule has 0 atom stereocenters. The van der Waals surface area contributed by atoms with Crippen molar-refractivity contribution in [1.82, 2.24) is 15.0 Å². The molecular weight excluding hydrogens is 388 g/mol. The Hall–Kier alpha value is -2.33. The largest absolute Gasteiger partial charge is 0.394 e. The summed E-state index contributed by atoms with van der Waals surface area (Å²) in [4.78, 5) is 12.4. The number of nitrogens with zero attached hydrogens (tertiary/aromatic N) is 3. The maximum absolute atomic E-state index is 12.4. The lowest BCUT2D eigenvalue weighted by Crippen LogP contribution is -2.14. The highest BCUT2D eigenvalue weighted by atomic mass is 16.5. The summed E-state index contributed by atoms with van der Waals surface area (Å²) in [5.41, 5.74) is 2.23. The molecule has 0 saturated carbocycles. The van der Waals surface area contributed by atoms with E-state index in [9.17, 15) is 4.79 Å².